The van der Waals surface area contributed by atoms with Gasteiger partial charge in [0.15, 0.2) is 0 Å². The number of benzene rings is 1. The average Bonchev–Trinajstić information content (AvgIpc) is 3.57. The molecule has 1 saturated carbocycles. The first-order chi connectivity index (χ1) is 18.8. The summed E-state index contributed by atoms with van der Waals surface area (Å²) in [5.41, 5.74) is 9.15. The zero-order valence-electron chi connectivity index (χ0n) is 22.0. The van der Waals surface area contributed by atoms with E-state index in [1.807, 2.05) is 0 Å². The molecule has 13 heteroatoms. The molecular formula is C27H31F5N6O2. The third kappa shape index (κ3) is 5.83. The zero-order valence-corrected chi connectivity index (χ0v) is 22.0. The van der Waals surface area contributed by atoms with E-state index in [9.17, 15) is 31.5 Å². The van der Waals surface area contributed by atoms with Crippen molar-refractivity contribution in [1.29, 1.82) is 0 Å². The number of fused-ring (bicyclic) bond motifs is 2. The number of carbonyl (C=O) groups excluding carboxylic acids is 2. The number of aryl methyl sites for hydroxylation is 1. The minimum absolute atomic E-state index is 0.224. The normalized spacial score (nSPS) is 18.9. The number of nitrogens with one attached hydrogen (secondary N) is 2. The highest BCUT2D eigenvalue weighted by Gasteiger charge is 2.42. The number of H-pyrrole nitrogens is 1. The van der Waals surface area contributed by atoms with Crippen LogP contribution in [0.15, 0.2) is 18.2 Å². The van der Waals surface area contributed by atoms with Gasteiger partial charge < -0.3 is 16.0 Å². The van der Waals surface area contributed by atoms with Crippen LogP contribution in [-0.4, -0.2) is 43.7 Å². The molecule has 2 amide bonds. The van der Waals surface area contributed by atoms with Crippen LogP contribution in [0, 0.1) is 5.92 Å². The quantitative estimate of drug-likeness (QED) is 0.322. The Morgan fingerprint density at radius 1 is 1.25 bits per heavy atom. The summed E-state index contributed by atoms with van der Waals surface area (Å²) in [7, 11) is 0. The van der Waals surface area contributed by atoms with Crippen LogP contribution >= 0.6 is 0 Å². The number of amides is 2. The van der Waals surface area contributed by atoms with Crippen molar-refractivity contribution in [2.75, 3.05) is 0 Å². The molecule has 3 aromatic rings. The van der Waals surface area contributed by atoms with E-state index in [0.717, 1.165) is 12.1 Å². The molecule has 1 aliphatic carbocycles. The number of aromatic nitrogens is 4. The smallest absolute Gasteiger partial charge is 0.365 e. The van der Waals surface area contributed by atoms with Crippen LogP contribution in [0.3, 0.4) is 0 Å². The van der Waals surface area contributed by atoms with Crippen LogP contribution in [0.2, 0.25) is 0 Å². The third-order valence-corrected chi connectivity index (χ3v) is 7.97. The Balaban J connectivity index is 1.47. The van der Waals surface area contributed by atoms with E-state index in [2.05, 4.69) is 10.3 Å². The van der Waals surface area contributed by atoms with Crippen LogP contribution in [-0.2, 0) is 17.8 Å². The van der Waals surface area contributed by atoms with Crippen molar-refractivity contribution < 1.29 is 31.5 Å². The summed E-state index contributed by atoms with van der Waals surface area (Å²) in [6.45, 7) is 2.31. The fraction of sp³-hybridized carbons (Fsp3) is 0.556. The monoisotopic (exact) mass is 566 g/mol. The SMILES string of the molecule is C[C@@H](NC(=O)CCC(F)(F)F)c1ccc2nc([C@H](c3nn4c(c3C(N)=O)CCC4)C3CCC(F)(F)CC3)[nH]c2c1. The van der Waals surface area contributed by atoms with Crippen molar-refractivity contribution >= 4 is 22.8 Å². The van der Waals surface area contributed by atoms with Gasteiger partial charge in [0.1, 0.15) is 5.82 Å². The fourth-order valence-electron chi connectivity index (χ4n) is 5.93. The number of imidazole rings is 1. The van der Waals surface area contributed by atoms with Crippen LogP contribution in [0.1, 0.15) is 97.0 Å². The number of alkyl halides is 5. The maximum absolute atomic E-state index is 14.1. The first-order valence-electron chi connectivity index (χ1n) is 13.4. The van der Waals surface area contributed by atoms with Gasteiger partial charge in [-0.2, -0.15) is 18.3 Å². The van der Waals surface area contributed by atoms with E-state index < -0.39 is 48.7 Å². The third-order valence-electron chi connectivity index (χ3n) is 7.97. The van der Waals surface area contributed by atoms with Crippen molar-refractivity contribution in [3.05, 3.63) is 46.5 Å². The lowest BCUT2D eigenvalue weighted by atomic mass is 9.76. The van der Waals surface area contributed by atoms with Crippen LogP contribution in [0.4, 0.5) is 22.0 Å². The van der Waals surface area contributed by atoms with Gasteiger partial charge in [0, 0.05) is 25.8 Å². The van der Waals surface area contributed by atoms with Crippen LogP contribution < -0.4 is 11.1 Å². The Kier molecular flexibility index (Phi) is 7.34. The summed E-state index contributed by atoms with van der Waals surface area (Å²) in [4.78, 5) is 32.6. The van der Waals surface area contributed by atoms with E-state index >= 15 is 0 Å². The molecule has 0 saturated heterocycles. The van der Waals surface area contributed by atoms with Crippen LogP contribution in [0.5, 0.6) is 0 Å². The lowest BCUT2D eigenvalue weighted by Gasteiger charge is -2.32. The first-order valence-corrected chi connectivity index (χ1v) is 13.4. The molecular weight excluding hydrogens is 535 g/mol. The van der Waals surface area contributed by atoms with E-state index in [1.165, 1.54) is 0 Å². The molecule has 1 aromatic carbocycles. The lowest BCUT2D eigenvalue weighted by molar-refractivity contribution is -0.144. The standard InChI is InChI=1S/C27H31F5N6O2/c1-14(34-20(39)8-11-27(30,31)32)16-4-5-17-18(13-16)36-25(35-17)21(15-6-9-26(28,29)10-7-15)23-22(24(33)40)19-3-2-12-38(19)37-23/h4-5,13-15,21H,2-3,6-12H2,1H3,(H2,33,40)(H,34,39)(H,35,36)/t14-,21+/m1/s1. The van der Waals surface area contributed by atoms with E-state index in [4.69, 9.17) is 15.8 Å². The number of aromatic amines is 1. The number of carbonyl (C=O) groups is 2. The molecule has 0 bridgehead atoms. The number of primary amides is 1. The second kappa shape index (κ2) is 10.5. The molecule has 40 heavy (non-hydrogen) atoms. The van der Waals surface area contributed by atoms with Gasteiger partial charge in [0.25, 0.3) is 5.91 Å². The van der Waals surface area contributed by atoms with Gasteiger partial charge in [-0.05, 0) is 56.2 Å². The van der Waals surface area contributed by atoms with E-state index in [-0.39, 0.29) is 31.6 Å². The summed E-state index contributed by atoms with van der Waals surface area (Å²) in [6, 6.07) is 4.62. The van der Waals surface area contributed by atoms with Crippen molar-refractivity contribution in [2.24, 2.45) is 11.7 Å². The van der Waals surface area contributed by atoms with Gasteiger partial charge in [-0.15, -0.1) is 0 Å². The van der Waals surface area contributed by atoms with Gasteiger partial charge in [-0.3, -0.25) is 14.3 Å². The molecule has 0 unspecified atom stereocenters. The lowest BCUT2D eigenvalue weighted by Crippen LogP contribution is -2.30. The Labute approximate surface area is 226 Å². The number of rotatable bonds is 8. The first kappa shape index (κ1) is 28.0. The highest BCUT2D eigenvalue weighted by atomic mass is 19.4. The second-order valence-corrected chi connectivity index (χ2v) is 10.9. The molecule has 8 nitrogen and oxygen atoms in total. The molecule has 2 aromatic heterocycles. The molecule has 1 fully saturated rings. The minimum Gasteiger partial charge on any atom is -0.365 e. The van der Waals surface area contributed by atoms with Gasteiger partial charge in [0.2, 0.25) is 11.8 Å². The molecule has 2 atom stereocenters. The summed E-state index contributed by atoms with van der Waals surface area (Å²) in [6.07, 6.45) is -4.90. The maximum atomic E-state index is 14.1. The molecule has 3 heterocycles. The highest BCUT2D eigenvalue weighted by Crippen LogP contribution is 2.45. The van der Waals surface area contributed by atoms with Gasteiger partial charge >= 0.3 is 6.18 Å². The van der Waals surface area contributed by atoms with Gasteiger partial charge in [0.05, 0.1) is 46.4 Å². The van der Waals surface area contributed by atoms with Crippen molar-refractivity contribution in [3.63, 3.8) is 0 Å². The molecule has 5 rings (SSSR count). The highest BCUT2D eigenvalue weighted by molar-refractivity contribution is 5.95. The number of nitrogens with zero attached hydrogens (tertiary/aromatic N) is 3. The number of halogens is 5. The minimum atomic E-state index is -4.42. The van der Waals surface area contributed by atoms with Crippen LogP contribution in [0.25, 0.3) is 11.0 Å². The zero-order chi connectivity index (χ0) is 28.8. The largest absolute Gasteiger partial charge is 0.389 e. The van der Waals surface area contributed by atoms with E-state index in [1.54, 1.807) is 29.8 Å². The number of nitrogens with two attached hydrogens (primary N) is 1. The summed E-state index contributed by atoms with van der Waals surface area (Å²) >= 11 is 0. The van der Waals surface area contributed by atoms with Gasteiger partial charge in [-0.1, -0.05) is 6.07 Å². The Bertz CT molecular complexity index is 1420. The topological polar surface area (TPSA) is 119 Å². The molecule has 0 spiro atoms. The summed E-state index contributed by atoms with van der Waals surface area (Å²) in [5, 5.41) is 7.31. The fourth-order valence-corrected chi connectivity index (χ4v) is 5.93. The predicted octanol–water partition coefficient (Wildman–Crippen LogP) is 5.28. The summed E-state index contributed by atoms with van der Waals surface area (Å²) < 4.78 is 67.3. The number of hydrogen-bond acceptors (Lipinski definition) is 4. The van der Waals surface area contributed by atoms with Crippen molar-refractivity contribution in [2.45, 2.75) is 88.9 Å². The molecule has 2 aliphatic rings. The molecule has 0 radical (unpaired) electrons. The molecule has 216 valence electrons. The van der Waals surface area contributed by atoms with Crippen molar-refractivity contribution in [1.82, 2.24) is 25.1 Å². The van der Waals surface area contributed by atoms with Gasteiger partial charge in [-0.25, -0.2) is 13.8 Å². The Morgan fingerprint density at radius 3 is 2.65 bits per heavy atom. The molecule has 1 aliphatic heterocycles. The maximum Gasteiger partial charge on any atom is 0.389 e. The summed E-state index contributed by atoms with van der Waals surface area (Å²) in [5.74, 6) is -4.41. The average molecular weight is 567 g/mol. The Morgan fingerprint density at radius 2 is 1.98 bits per heavy atom. The Hall–Kier alpha value is -3.51. The van der Waals surface area contributed by atoms with E-state index in [0.29, 0.717) is 46.6 Å². The predicted molar refractivity (Wildman–Crippen MR) is 136 cm³/mol. The second-order valence-electron chi connectivity index (χ2n) is 10.9. The van der Waals surface area contributed by atoms with Crippen molar-refractivity contribution in [3.8, 4) is 0 Å². The molecule has 4 N–H and O–H groups in total. The number of hydrogen-bond donors (Lipinski definition) is 3.